The number of anilines is 1. The number of hydrogen-bond acceptors (Lipinski definition) is 6. The Morgan fingerprint density at radius 2 is 1.96 bits per heavy atom. The molecule has 0 saturated carbocycles. The number of amides is 2. The first-order valence-electron chi connectivity index (χ1n) is 7.29. The van der Waals surface area contributed by atoms with Crippen LogP contribution in [0.25, 0.3) is 6.08 Å². The second kappa shape index (κ2) is 7.06. The molecule has 2 N–H and O–H groups in total. The molecular formula is C17H11N3O4S2. The minimum Gasteiger partial charge on any atom is -0.366 e. The number of thioether (sulfide) groups is 1. The number of nitro groups is 1. The number of carbonyl (C=O) groups is 2. The number of nitrogens with zero attached hydrogens (tertiary/aromatic N) is 2. The van der Waals surface area contributed by atoms with Crippen LogP contribution in [0.5, 0.6) is 0 Å². The summed E-state index contributed by atoms with van der Waals surface area (Å²) in [6.45, 7) is 0. The van der Waals surface area contributed by atoms with E-state index < -0.39 is 16.7 Å². The van der Waals surface area contributed by atoms with E-state index >= 15 is 0 Å². The zero-order valence-electron chi connectivity index (χ0n) is 13.1. The standard InChI is InChI=1S/C17H11N3O4S2/c18-15(21)12-6-1-2-7-13(12)19-16(22)14(26-17(19)25)9-10-4-3-5-11(8-10)20(23)24/h1-9H,(H2,18,21)/b14-9-. The molecule has 1 heterocycles. The number of rotatable bonds is 4. The van der Waals surface area contributed by atoms with E-state index in [-0.39, 0.29) is 15.6 Å². The molecule has 0 bridgehead atoms. The fourth-order valence-corrected chi connectivity index (χ4v) is 3.72. The van der Waals surface area contributed by atoms with E-state index in [0.717, 1.165) is 11.8 Å². The van der Waals surface area contributed by atoms with Gasteiger partial charge in [-0.2, -0.15) is 0 Å². The number of para-hydroxylation sites is 1. The number of benzene rings is 2. The first-order chi connectivity index (χ1) is 12.4. The Balaban J connectivity index is 1.99. The maximum absolute atomic E-state index is 12.8. The summed E-state index contributed by atoms with van der Waals surface area (Å²) in [4.78, 5) is 36.3. The molecule has 2 amide bonds. The molecule has 3 rings (SSSR count). The van der Waals surface area contributed by atoms with Gasteiger partial charge in [-0.25, -0.2) is 0 Å². The van der Waals surface area contributed by atoms with Crippen LogP contribution in [0.3, 0.4) is 0 Å². The first-order valence-corrected chi connectivity index (χ1v) is 8.52. The predicted octanol–water partition coefficient (Wildman–Crippen LogP) is 3.10. The van der Waals surface area contributed by atoms with Crippen LogP contribution in [0.1, 0.15) is 15.9 Å². The molecule has 0 radical (unpaired) electrons. The van der Waals surface area contributed by atoms with Gasteiger partial charge in [0.05, 0.1) is 21.1 Å². The summed E-state index contributed by atoms with van der Waals surface area (Å²) in [6.07, 6.45) is 1.53. The molecule has 2 aromatic carbocycles. The summed E-state index contributed by atoms with van der Waals surface area (Å²) >= 11 is 6.33. The number of primary amides is 1. The lowest BCUT2D eigenvalue weighted by Gasteiger charge is -2.17. The van der Waals surface area contributed by atoms with Gasteiger partial charge in [0.2, 0.25) is 0 Å². The van der Waals surface area contributed by atoms with Crippen molar-refractivity contribution in [2.24, 2.45) is 5.73 Å². The van der Waals surface area contributed by atoms with Gasteiger partial charge in [-0.05, 0) is 23.8 Å². The minimum absolute atomic E-state index is 0.0756. The van der Waals surface area contributed by atoms with Gasteiger partial charge < -0.3 is 5.73 Å². The molecule has 2 aromatic rings. The molecule has 0 aromatic heterocycles. The summed E-state index contributed by atoms with van der Waals surface area (Å²) in [6, 6.07) is 12.3. The maximum atomic E-state index is 12.8. The highest BCUT2D eigenvalue weighted by Gasteiger charge is 2.35. The number of non-ortho nitro benzene ring substituents is 1. The van der Waals surface area contributed by atoms with Crippen LogP contribution in [-0.4, -0.2) is 21.1 Å². The molecule has 1 fully saturated rings. The SMILES string of the molecule is NC(=O)c1ccccc1N1C(=O)/C(=C/c2cccc([N+](=O)[O-])c2)SC1=S. The topological polar surface area (TPSA) is 107 Å². The van der Waals surface area contributed by atoms with E-state index in [0.29, 0.717) is 16.2 Å². The molecule has 7 nitrogen and oxygen atoms in total. The lowest BCUT2D eigenvalue weighted by molar-refractivity contribution is -0.384. The Kier molecular flexibility index (Phi) is 4.83. The summed E-state index contributed by atoms with van der Waals surface area (Å²) in [5.41, 5.74) is 6.29. The van der Waals surface area contributed by atoms with Gasteiger partial charge in [-0.3, -0.25) is 24.6 Å². The third kappa shape index (κ3) is 3.35. The molecular weight excluding hydrogens is 374 g/mol. The zero-order chi connectivity index (χ0) is 18.8. The van der Waals surface area contributed by atoms with E-state index in [2.05, 4.69) is 0 Å². The fraction of sp³-hybridized carbons (Fsp3) is 0. The van der Waals surface area contributed by atoms with E-state index in [4.69, 9.17) is 18.0 Å². The van der Waals surface area contributed by atoms with Gasteiger partial charge in [0.15, 0.2) is 4.32 Å². The van der Waals surface area contributed by atoms with E-state index in [1.165, 1.54) is 35.2 Å². The predicted molar refractivity (Wildman–Crippen MR) is 104 cm³/mol. The van der Waals surface area contributed by atoms with Crippen LogP contribution >= 0.6 is 24.0 Å². The average Bonchev–Trinajstić information content (AvgIpc) is 2.88. The summed E-state index contributed by atoms with van der Waals surface area (Å²) < 4.78 is 0.250. The Labute approximate surface area is 157 Å². The molecule has 26 heavy (non-hydrogen) atoms. The Bertz CT molecular complexity index is 987. The van der Waals surface area contributed by atoms with Gasteiger partial charge in [-0.15, -0.1) is 0 Å². The van der Waals surface area contributed by atoms with Crippen molar-refractivity contribution >= 4 is 57.6 Å². The number of thiocarbonyl (C=S) groups is 1. The van der Waals surface area contributed by atoms with Crippen molar-refractivity contribution in [2.45, 2.75) is 0 Å². The monoisotopic (exact) mass is 385 g/mol. The van der Waals surface area contributed by atoms with E-state index in [1.807, 2.05) is 0 Å². The lowest BCUT2D eigenvalue weighted by atomic mass is 10.1. The zero-order valence-corrected chi connectivity index (χ0v) is 14.8. The molecule has 1 aliphatic rings. The maximum Gasteiger partial charge on any atom is 0.270 e. The Hall–Kier alpha value is -3.04. The second-order valence-corrected chi connectivity index (χ2v) is 6.93. The Morgan fingerprint density at radius 1 is 1.23 bits per heavy atom. The van der Waals surface area contributed by atoms with Gasteiger partial charge in [-0.1, -0.05) is 48.2 Å². The summed E-state index contributed by atoms with van der Waals surface area (Å²) in [5.74, 6) is -1.09. The van der Waals surface area contributed by atoms with Crippen LogP contribution < -0.4 is 10.6 Å². The molecule has 0 aliphatic carbocycles. The van der Waals surface area contributed by atoms with Crippen molar-refractivity contribution in [2.75, 3.05) is 4.90 Å². The molecule has 130 valence electrons. The molecule has 9 heteroatoms. The Morgan fingerprint density at radius 3 is 2.65 bits per heavy atom. The molecule has 0 unspecified atom stereocenters. The minimum atomic E-state index is -0.669. The van der Waals surface area contributed by atoms with Crippen molar-refractivity contribution < 1.29 is 14.5 Å². The van der Waals surface area contributed by atoms with Crippen LogP contribution in [0.2, 0.25) is 0 Å². The summed E-state index contributed by atoms with van der Waals surface area (Å²) in [7, 11) is 0. The number of nitrogens with two attached hydrogens (primary N) is 1. The van der Waals surface area contributed by atoms with Crippen molar-refractivity contribution in [3.8, 4) is 0 Å². The van der Waals surface area contributed by atoms with E-state index in [9.17, 15) is 19.7 Å². The van der Waals surface area contributed by atoms with Crippen molar-refractivity contribution in [1.29, 1.82) is 0 Å². The van der Waals surface area contributed by atoms with Crippen molar-refractivity contribution in [3.63, 3.8) is 0 Å². The van der Waals surface area contributed by atoms with Crippen LogP contribution in [-0.2, 0) is 4.79 Å². The highest BCUT2D eigenvalue weighted by molar-refractivity contribution is 8.27. The van der Waals surface area contributed by atoms with Gasteiger partial charge in [0.25, 0.3) is 17.5 Å². The van der Waals surface area contributed by atoms with Gasteiger partial charge in [0.1, 0.15) is 0 Å². The largest absolute Gasteiger partial charge is 0.366 e. The number of hydrogen-bond donors (Lipinski definition) is 1. The van der Waals surface area contributed by atoms with Crippen LogP contribution in [0.4, 0.5) is 11.4 Å². The molecule has 1 saturated heterocycles. The van der Waals surface area contributed by atoms with E-state index in [1.54, 1.807) is 24.3 Å². The third-order valence-electron chi connectivity index (χ3n) is 3.58. The third-order valence-corrected chi connectivity index (χ3v) is 4.89. The fourth-order valence-electron chi connectivity index (χ4n) is 2.43. The first kappa shape index (κ1) is 17.8. The smallest absolute Gasteiger partial charge is 0.270 e. The average molecular weight is 385 g/mol. The summed E-state index contributed by atoms with van der Waals surface area (Å²) in [5, 5.41) is 10.9. The lowest BCUT2D eigenvalue weighted by Crippen LogP contribution is -2.30. The van der Waals surface area contributed by atoms with Crippen molar-refractivity contribution in [3.05, 3.63) is 74.7 Å². The van der Waals surface area contributed by atoms with Gasteiger partial charge in [0, 0.05) is 12.1 Å². The van der Waals surface area contributed by atoms with Crippen LogP contribution in [0.15, 0.2) is 53.4 Å². The molecule has 1 aliphatic heterocycles. The number of carbonyl (C=O) groups excluding carboxylic acids is 2. The molecule has 0 spiro atoms. The number of nitro benzene ring substituents is 1. The van der Waals surface area contributed by atoms with Crippen molar-refractivity contribution in [1.82, 2.24) is 0 Å². The highest BCUT2D eigenvalue weighted by Crippen LogP contribution is 2.37. The normalized spacial score (nSPS) is 15.5. The van der Waals surface area contributed by atoms with Gasteiger partial charge >= 0.3 is 0 Å². The molecule has 0 atom stereocenters. The van der Waals surface area contributed by atoms with Crippen LogP contribution in [0, 0.1) is 10.1 Å². The quantitative estimate of drug-likeness (QED) is 0.375. The highest BCUT2D eigenvalue weighted by atomic mass is 32.2. The second-order valence-electron chi connectivity index (χ2n) is 5.25.